The molecule has 1 aromatic heterocycles. The SMILES string of the molecule is CC1CCN(C(=O)COc2ccc3ccc(=O)oc3c2)CC1. The van der Waals surface area contributed by atoms with Crippen molar-refractivity contribution in [2.45, 2.75) is 19.8 Å². The van der Waals surface area contributed by atoms with Crippen molar-refractivity contribution in [2.75, 3.05) is 19.7 Å². The van der Waals surface area contributed by atoms with E-state index >= 15 is 0 Å². The van der Waals surface area contributed by atoms with E-state index in [1.165, 1.54) is 6.07 Å². The number of likely N-dealkylation sites (tertiary alicyclic amines) is 1. The minimum Gasteiger partial charge on any atom is -0.484 e. The van der Waals surface area contributed by atoms with Crippen molar-refractivity contribution in [2.24, 2.45) is 5.92 Å². The Hall–Kier alpha value is -2.30. The predicted octanol–water partition coefficient (Wildman–Crippen LogP) is 2.43. The van der Waals surface area contributed by atoms with Gasteiger partial charge >= 0.3 is 5.63 Å². The van der Waals surface area contributed by atoms with Crippen molar-refractivity contribution in [3.63, 3.8) is 0 Å². The number of rotatable bonds is 3. The zero-order chi connectivity index (χ0) is 15.5. The molecule has 1 aromatic carbocycles. The van der Waals surface area contributed by atoms with Crippen LogP contribution in [-0.2, 0) is 4.79 Å². The highest BCUT2D eigenvalue weighted by Crippen LogP contribution is 2.20. The molecule has 116 valence electrons. The highest BCUT2D eigenvalue weighted by Gasteiger charge is 2.20. The first-order chi connectivity index (χ1) is 10.6. The summed E-state index contributed by atoms with van der Waals surface area (Å²) in [6.45, 7) is 3.82. The number of nitrogens with zero attached hydrogens (tertiary/aromatic N) is 1. The maximum atomic E-state index is 12.1. The first-order valence-electron chi connectivity index (χ1n) is 7.56. The van der Waals surface area contributed by atoms with E-state index in [1.807, 2.05) is 4.90 Å². The fourth-order valence-corrected chi connectivity index (χ4v) is 2.63. The maximum absolute atomic E-state index is 12.1. The van der Waals surface area contributed by atoms with E-state index in [0.717, 1.165) is 31.3 Å². The van der Waals surface area contributed by atoms with Crippen LogP contribution in [0, 0.1) is 5.92 Å². The van der Waals surface area contributed by atoms with Gasteiger partial charge in [0.05, 0.1) is 0 Å². The van der Waals surface area contributed by atoms with Gasteiger partial charge in [0, 0.05) is 30.6 Å². The Bertz CT molecular complexity index is 729. The third-order valence-electron chi connectivity index (χ3n) is 4.09. The number of carbonyl (C=O) groups is 1. The van der Waals surface area contributed by atoms with Gasteiger partial charge in [0.25, 0.3) is 5.91 Å². The standard InChI is InChI=1S/C17H19NO4/c1-12-6-8-18(9-7-12)16(19)11-21-14-4-2-13-3-5-17(20)22-15(13)10-14/h2-5,10,12H,6-9,11H2,1H3. The summed E-state index contributed by atoms with van der Waals surface area (Å²) in [4.78, 5) is 25.2. The summed E-state index contributed by atoms with van der Waals surface area (Å²) < 4.78 is 10.6. The summed E-state index contributed by atoms with van der Waals surface area (Å²) in [5.41, 5.74) is 0.0624. The molecule has 1 amide bonds. The number of benzene rings is 1. The molecule has 2 aromatic rings. The van der Waals surface area contributed by atoms with Crippen LogP contribution in [0.3, 0.4) is 0 Å². The Kier molecular flexibility index (Phi) is 4.13. The highest BCUT2D eigenvalue weighted by molar-refractivity contribution is 5.79. The quantitative estimate of drug-likeness (QED) is 0.817. The van der Waals surface area contributed by atoms with Gasteiger partial charge < -0.3 is 14.1 Å². The Balaban J connectivity index is 1.63. The summed E-state index contributed by atoms with van der Waals surface area (Å²) in [5, 5.41) is 0.822. The number of ether oxygens (including phenoxy) is 1. The smallest absolute Gasteiger partial charge is 0.336 e. The monoisotopic (exact) mass is 301 g/mol. The molecule has 1 aliphatic rings. The second kappa shape index (κ2) is 6.22. The van der Waals surface area contributed by atoms with Gasteiger partial charge in [-0.05, 0) is 37.0 Å². The van der Waals surface area contributed by atoms with Crippen LogP contribution in [0.1, 0.15) is 19.8 Å². The van der Waals surface area contributed by atoms with E-state index in [4.69, 9.17) is 9.15 Å². The molecular weight excluding hydrogens is 282 g/mol. The molecule has 3 rings (SSSR count). The van der Waals surface area contributed by atoms with Gasteiger partial charge in [-0.15, -0.1) is 0 Å². The molecule has 0 radical (unpaired) electrons. The van der Waals surface area contributed by atoms with Gasteiger partial charge in [0.2, 0.25) is 0 Å². The summed E-state index contributed by atoms with van der Waals surface area (Å²) in [7, 11) is 0. The van der Waals surface area contributed by atoms with E-state index < -0.39 is 5.63 Å². The zero-order valence-electron chi connectivity index (χ0n) is 12.6. The van der Waals surface area contributed by atoms with Gasteiger partial charge in [-0.25, -0.2) is 4.79 Å². The van der Waals surface area contributed by atoms with Gasteiger partial charge in [0.15, 0.2) is 6.61 Å². The summed E-state index contributed by atoms with van der Waals surface area (Å²) in [5.74, 6) is 1.22. The van der Waals surface area contributed by atoms with E-state index in [-0.39, 0.29) is 12.5 Å². The first-order valence-corrected chi connectivity index (χ1v) is 7.56. The molecule has 0 aliphatic carbocycles. The van der Waals surface area contributed by atoms with Crippen molar-refractivity contribution in [1.82, 2.24) is 4.90 Å². The lowest BCUT2D eigenvalue weighted by atomic mass is 9.99. The van der Waals surface area contributed by atoms with E-state index in [1.54, 1.807) is 24.3 Å². The van der Waals surface area contributed by atoms with Crippen molar-refractivity contribution in [3.05, 3.63) is 40.8 Å². The van der Waals surface area contributed by atoms with Crippen molar-refractivity contribution < 1.29 is 13.9 Å². The van der Waals surface area contributed by atoms with Crippen molar-refractivity contribution >= 4 is 16.9 Å². The first kappa shape index (κ1) is 14.6. The Morgan fingerprint density at radius 2 is 2.00 bits per heavy atom. The second-order valence-corrected chi connectivity index (χ2v) is 5.81. The molecular formula is C17H19NO4. The average molecular weight is 301 g/mol. The van der Waals surface area contributed by atoms with E-state index in [2.05, 4.69) is 6.92 Å². The van der Waals surface area contributed by atoms with E-state index in [0.29, 0.717) is 17.3 Å². The number of fused-ring (bicyclic) bond motifs is 1. The predicted molar refractivity (Wildman–Crippen MR) is 83.0 cm³/mol. The molecule has 22 heavy (non-hydrogen) atoms. The zero-order valence-corrected chi connectivity index (χ0v) is 12.6. The van der Waals surface area contributed by atoms with Gasteiger partial charge in [-0.1, -0.05) is 6.92 Å². The summed E-state index contributed by atoms with van der Waals surface area (Å²) in [6.07, 6.45) is 2.10. The van der Waals surface area contributed by atoms with Crippen LogP contribution >= 0.6 is 0 Å². The molecule has 0 bridgehead atoms. The highest BCUT2D eigenvalue weighted by atomic mass is 16.5. The van der Waals surface area contributed by atoms with Gasteiger partial charge in [-0.2, -0.15) is 0 Å². The molecule has 0 atom stereocenters. The molecule has 0 N–H and O–H groups in total. The van der Waals surface area contributed by atoms with Crippen LogP contribution in [0.5, 0.6) is 5.75 Å². The molecule has 2 heterocycles. The normalized spacial score (nSPS) is 16.0. The van der Waals surface area contributed by atoms with Crippen molar-refractivity contribution in [1.29, 1.82) is 0 Å². The molecule has 1 fully saturated rings. The van der Waals surface area contributed by atoms with Crippen LogP contribution < -0.4 is 10.4 Å². The topological polar surface area (TPSA) is 59.8 Å². The summed E-state index contributed by atoms with van der Waals surface area (Å²) >= 11 is 0. The number of hydrogen-bond donors (Lipinski definition) is 0. The third kappa shape index (κ3) is 3.30. The summed E-state index contributed by atoms with van der Waals surface area (Å²) in [6, 6.07) is 8.30. The maximum Gasteiger partial charge on any atom is 0.336 e. The molecule has 1 aliphatic heterocycles. The minimum absolute atomic E-state index is 0.00140. The lowest BCUT2D eigenvalue weighted by Gasteiger charge is -2.30. The number of amides is 1. The van der Waals surface area contributed by atoms with E-state index in [9.17, 15) is 9.59 Å². The van der Waals surface area contributed by atoms with Crippen LogP contribution in [0.15, 0.2) is 39.5 Å². The molecule has 1 saturated heterocycles. The van der Waals surface area contributed by atoms with Crippen LogP contribution in [-0.4, -0.2) is 30.5 Å². The molecule has 0 saturated carbocycles. The van der Waals surface area contributed by atoms with Gasteiger partial charge in [-0.3, -0.25) is 4.79 Å². The molecule has 0 unspecified atom stereocenters. The second-order valence-electron chi connectivity index (χ2n) is 5.81. The Morgan fingerprint density at radius 1 is 1.27 bits per heavy atom. The molecule has 5 heteroatoms. The third-order valence-corrected chi connectivity index (χ3v) is 4.09. The number of carbonyl (C=O) groups excluding carboxylic acids is 1. The van der Waals surface area contributed by atoms with Crippen LogP contribution in [0.2, 0.25) is 0 Å². The van der Waals surface area contributed by atoms with Crippen LogP contribution in [0.4, 0.5) is 0 Å². The molecule has 5 nitrogen and oxygen atoms in total. The largest absolute Gasteiger partial charge is 0.484 e. The Morgan fingerprint density at radius 3 is 2.77 bits per heavy atom. The lowest BCUT2D eigenvalue weighted by Crippen LogP contribution is -2.40. The van der Waals surface area contributed by atoms with Crippen LogP contribution in [0.25, 0.3) is 11.0 Å². The average Bonchev–Trinajstić information content (AvgIpc) is 2.53. The minimum atomic E-state index is -0.400. The number of piperidine rings is 1. The fraction of sp³-hybridized carbons (Fsp3) is 0.412. The Labute approximate surface area is 128 Å². The lowest BCUT2D eigenvalue weighted by molar-refractivity contribution is -0.134. The fourth-order valence-electron chi connectivity index (χ4n) is 2.63. The van der Waals surface area contributed by atoms with Crippen molar-refractivity contribution in [3.8, 4) is 5.75 Å². The molecule has 0 spiro atoms. The number of hydrogen-bond acceptors (Lipinski definition) is 4. The van der Waals surface area contributed by atoms with Gasteiger partial charge in [0.1, 0.15) is 11.3 Å².